The number of hydrogen-bond acceptors (Lipinski definition) is 4. The molecule has 1 aromatic heterocycles. The molecule has 1 aromatic carbocycles. The van der Waals surface area contributed by atoms with E-state index in [9.17, 15) is 0 Å². The van der Waals surface area contributed by atoms with E-state index in [2.05, 4.69) is 9.97 Å². The second-order valence-corrected chi connectivity index (χ2v) is 4.32. The number of hydrogen-bond donors (Lipinski definition) is 1. The highest BCUT2D eigenvalue weighted by atomic mass is 35.5. The quantitative estimate of drug-likeness (QED) is 0.925. The zero-order valence-electron chi connectivity index (χ0n) is 10.3. The van der Waals surface area contributed by atoms with Gasteiger partial charge in [0, 0.05) is 28.9 Å². The van der Waals surface area contributed by atoms with Crippen LogP contribution in [-0.4, -0.2) is 9.97 Å². The van der Waals surface area contributed by atoms with Gasteiger partial charge < -0.3 is 10.5 Å². The third-order valence-electron chi connectivity index (χ3n) is 2.44. The molecular formula is C13H14ClN3O. The van der Waals surface area contributed by atoms with E-state index in [0.29, 0.717) is 29.0 Å². The molecule has 0 aliphatic carbocycles. The standard InChI is InChI=1S/C13H14ClN3O/c1-8-6-13(17-9(2)16-8)18-12-5-3-4-11(14)10(12)7-15/h3-6H,7,15H2,1-2H3. The Morgan fingerprint density at radius 1 is 1.28 bits per heavy atom. The molecular weight excluding hydrogens is 250 g/mol. The molecule has 94 valence electrons. The summed E-state index contributed by atoms with van der Waals surface area (Å²) < 4.78 is 5.73. The van der Waals surface area contributed by atoms with Gasteiger partial charge >= 0.3 is 0 Å². The predicted octanol–water partition coefficient (Wildman–Crippen LogP) is 3.00. The van der Waals surface area contributed by atoms with E-state index in [0.717, 1.165) is 11.3 Å². The molecule has 0 aliphatic heterocycles. The van der Waals surface area contributed by atoms with Crippen molar-refractivity contribution in [3.05, 3.63) is 46.4 Å². The minimum absolute atomic E-state index is 0.318. The van der Waals surface area contributed by atoms with Crippen LogP contribution in [0.25, 0.3) is 0 Å². The van der Waals surface area contributed by atoms with Crippen molar-refractivity contribution in [3.63, 3.8) is 0 Å². The number of benzene rings is 1. The first kappa shape index (κ1) is 12.8. The van der Waals surface area contributed by atoms with Crippen LogP contribution in [0, 0.1) is 13.8 Å². The summed E-state index contributed by atoms with van der Waals surface area (Å²) in [7, 11) is 0. The van der Waals surface area contributed by atoms with Gasteiger partial charge in [-0.2, -0.15) is 4.98 Å². The summed E-state index contributed by atoms with van der Waals surface area (Å²) in [6.45, 7) is 4.03. The number of nitrogens with zero attached hydrogens (tertiary/aromatic N) is 2. The monoisotopic (exact) mass is 263 g/mol. The average molecular weight is 264 g/mol. The zero-order chi connectivity index (χ0) is 13.1. The molecule has 0 amide bonds. The van der Waals surface area contributed by atoms with Crippen LogP contribution >= 0.6 is 11.6 Å². The van der Waals surface area contributed by atoms with Crippen LogP contribution in [0.2, 0.25) is 5.02 Å². The summed E-state index contributed by atoms with van der Waals surface area (Å²) >= 11 is 6.07. The van der Waals surface area contributed by atoms with Crippen LogP contribution < -0.4 is 10.5 Å². The van der Waals surface area contributed by atoms with Gasteiger partial charge in [-0.25, -0.2) is 4.98 Å². The highest BCUT2D eigenvalue weighted by Gasteiger charge is 2.09. The molecule has 2 rings (SSSR count). The zero-order valence-corrected chi connectivity index (χ0v) is 11.0. The van der Waals surface area contributed by atoms with Crippen molar-refractivity contribution in [2.45, 2.75) is 20.4 Å². The molecule has 0 saturated heterocycles. The molecule has 4 nitrogen and oxygen atoms in total. The predicted molar refractivity (Wildman–Crippen MR) is 70.9 cm³/mol. The third-order valence-corrected chi connectivity index (χ3v) is 2.79. The second-order valence-electron chi connectivity index (χ2n) is 3.92. The molecule has 0 aliphatic rings. The third kappa shape index (κ3) is 2.78. The highest BCUT2D eigenvalue weighted by molar-refractivity contribution is 6.31. The number of ether oxygens (including phenoxy) is 1. The minimum Gasteiger partial charge on any atom is -0.439 e. The van der Waals surface area contributed by atoms with Crippen LogP contribution in [0.5, 0.6) is 11.6 Å². The van der Waals surface area contributed by atoms with Crippen LogP contribution in [0.1, 0.15) is 17.1 Å². The Hall–Kier alpha value is -1.65. The van der Waals surface area contributed by atoms with Crippen LogP contribution in [0.3, 0.4) is 0 Å². The number of rotatable bonds is 3. The summed E-state index contributed by atoms with van der Waals surface area (Å²) in [5, 5.41) is 0.595. The maximum atomic E-state index is 6.07. The molecule has 0 unspecified atom stereocenters. The van der Waals surface area contributed by atoms with Crippen molar-refractivity contribution in [3.8, 4) is 11.6 Å². The lowest BCUT2D eigenvalue weighted by molar-refractivity contribution is 0.453. The van der Waals surface area contributed by atoms with Gasteiger partial charge in [-0.05, 0) is 26.0 Å². The molecule has 0 fully saturated rings. The number of aromatic nitrogens is 2. The fourth-order valence-electron chi connectivity index (χ4n) is 1.68. The first-order valence-electron chi connectivity index (χ1n) is 5.57. The molecule has 0 spiro atoms. The van der Waals surface area contributed by atoms with E-state index in [1.165, 1.54) is 0 Å². The molecule has 0 saturated carbocycles. The second kappa shape index (κ2) is 5.33. The summed E-state index contributed by atoms with van der Waals surface area (Å²) in [5.74, 6) is 1.79. The van der Waals surface area contributed by atoms with Gasteiger partial charge in [0.2, 0.25) is 5.88 Å². The van der Waals surface area contributed by atoms with Crippen LogP contribution in [0.4, 0.5) is 0 Å². The smallest absolute Gasteiger partial charge is 0.222 e. The van der Waals surface area contributed by atoms with Crippen molar-refractivity contribution >= 4 is 11.6 Å². The topological polar surface area (TPSA) is 61.0 Å². The van der Waals surface area contributed by atoms with Gasteiger partial charge in [-0.15, -0.1) is 0 Å². The lowest BCUT2D eigenvalue weighted by atomic mass is 10.2. The van der Waals surface area contributed by atoms with Gasteiger partial charge in [0.05, 0.1) is 0 Å². The Balaban J connectivity index is 2.36. The van der Waals surface area contributed by atoms with E-state index in [4.69, 9.17) is 22.1 Å². The molecule has 18 heavy (non-hydrogen) atoms. The number of aryl methyl sites for hydroxylation is 2. The Bertz CT molecular complexity index is 552. The van der Waals surface area contributed by atoms with Crippen LogP contribution in [0.15, 0.2) is 24.3 Å². The van der Waals surface area contributed by atoms with Gasteiger partial charge in [-0.3, -0.25) is 0 Å². The van der Waals surface area contributed by atoms with E-state index in [1.807, 2.05) is 26.0 Å². The molecule has 2 N–H and O–H groups in total. The number of nitrogens with two attached hydrogens (primary N) is 1. The maximum absolute atomic E-state index is 6.07. The Labute approximate surface area is 111 Å². The summed E-state index contributed by atoms with van der Waals surface area (Å²) in [6.07, 6.45) is 0. The van der Waals surface area contributed by atoms with E-state index >= 15 is 0 Å². The first-order valence-corrected chi connectivity index (χ1v) is 5.95. The average Bonchev–Trinajstić information content (AvgIpc) is 2.27. The van der Waals surface area contributed by atoms with Crippen molar-refractivity contribution in [1.29, 1.82) is 0 Å². The largest absolute Gasteiger partial charge is 0.439 e. The SMILES string of the molecule is Cc1cc(Oc2cccc(Cl)c2CN)nc(C)n1. The highest BCUT2D eigenvalue weighted by Crippen LogP contribution is 2.29. The summed E-state index contributed by atoms with van der Waals surface area (Å²) in [5.41, 5.74) is 7.29. The Kier molecular flexibility index (Phi) is 3.79. The molecule has 1 heterocycles. The Morgan fingerprint density at radius 2 is 2.06 bits per heavy atom. The van der Waals surface area contributed by atoms with Crippen molar-refractivity contribution in [1.82, 2.24) is 9.97 Å². The van der Waals surface area contributed by atoms with Crippen LogP contribution in [-0.2, 0) is 6.54 Å². The molecule has 5 heteroatoms. The van der Waals surface area contributed by atoms with Crippen molar-refractivity contribution in [2.75, 3.05) is 0 Å². The molecule has 2 aromatic rings. The van der Waals surface area contributed by atoms with Crippen molar-refractivity contribution in [2.24, 2.45) is 5.73 Å². The summed E-state index contributed by atoms with van der Waals surface area (Å²) in [6, 6.07) is 7.19. The maximum Gasteiger partial charge on any atom is 0.222 e. The summed E-state index contributed by atoms with van der Waals surface area (Å²) in [4.78, 5) is 8.41. The van der Waals surface area contributed by atoms with E-state index < -0.39 is 0 Å². The lowest BCUT2D eigenvalue weighted by Gasteiger charge is -2.11. The van der Waals surface area contributed by atoms with Gasteiger partial charge in [0.1, 0.15) is 11.6 Å². The van der Waals surface area contributed by atoms with E-state index in [1.54, 1.807) is 12.1 Å². The molecule has 0 atom stereocenters. The minimum atomic E-state index is 0.318. The van der Waals surface area contributed by atoms with Crippen molar-refractivity contribution < 1.29 is 4.74 Å². The molecule has 0 bridgehead atoms. The normalized spacial score (nSPS) is 10.4. The fraction of sp³-hybridized carbons (Fsp3) is 0.231. The van der Waals surface area contributed by atoms with Gasteiger partial charge in [0.15, 0.2) is 0 Å². The Morgan fingerprint density at radius 3 is 2.72 bits per heavy atom. The van der Waals surface area contributed by atoms with Gasteiger partial charge in [-0.1, -0.05) is 17.7 Å². The first-order chi connectivity index (χ1) is 8.60. The molecule has 0 radical (unpaired) electrons. The lowest BCUT2D eigenvalue weighted by Crippen LogP contribution is -2.02. The fourth-order valence-corrected chi connectivity index (χ4v) is 1.92. The number of halogens is 1. The van der Waals surface area contributed by atoms with E-state index in [-0.39, 0.29) is 0 Å². The van der Waals surface area contributed by atoms with Gasteiger partial charge in [0.25, 0.3) is 0 Å².